The van der Waals surface area contributed by atoms with E-state index in [1.807, 2.05) is 25.1 Å². The lowest BCUT2D eigenvalue weighted by Gasteiger charge is -2.22. The summed E-state index contributed by atoms with van der Waals surface area (Å²) in [6.45, 7) is 3.78. The average molecular weight is 534 g/mol. The number of rotatable bonds is 8. The van der Waals surface area contributed by atoms with Crippen molar-refractivity contribution in [2.24, 2.45) is 10.4 Å². The van der Waals surface area contributed by atoms with E-state index in [-0.39, 0.29) is 18.7 Å². The van der Waals surface area contributed by atoms with Crippen molar-refractivity contribution in [2.75, 3.05) is 21.2 Å². The van der Waals surface area contributed by atoms with Gasteiger partial charge in [-0.3, -0.25) is 14.3 Å². The molecule has 0 radical (unpaired) electrons. The highest BCUT2D eigenvalue weighted by atomic mass is 35.5. The number of methoxy groups -OCH3 is 1. The first-order valence-corrected chi connectivity index (χ1v) is 11.9. The van der Waals surface area contributed by atoms with Crippen LogP contribution in [0, 0.1) is 5.41 Å². The van der Waals surface area contributed by atoms with Crippen LogP contribution in [0.2, 0.25) is 10.0 Å². The average Bonchev–Trinajstić information content (AvgIpc) is 2.81. The van der Waals surface area contributed by atoms with Crippen molar-refractivity contribution in [3.8, 4) is 0 Å². The van der Waals surface area contributed by atoms with Crippen LogP contribution < -0.4 is 17.0 Å². The number of hydrogen-bond donors (Lipinski definition) is 1. The smallest absolute Gasteiger partial charge is 0.335 e. The van der Waals surface area contributed by atoms with E-state index >= 15 is 0 Å². The van der Waals surface area contributed by atoms with Gasteiger partial charge in [0.2, 0.25) is 5.62 Å². The Morgan fingerprint density at radius 2 is 1.75 bits per heavy atom. The maximum Gasteiger partial charge on any atom is 0.335 e. The van der Waals surface area contributed by atoms with Crippen LogP contribution >= 0.6 is 23.2 Å². The minimum atomic E-state index is -1.11. The minimum absolute atomic E-state index is 0.0449. The second-order valence-corrected chi connectivity index (χ2v) is 10.2. The second kappa shape index (κ2) is 11.3. The third-order valence-electron chi connectivity index (χ3n) is 5.48. The number of carbonyl (C=O) groups is 1. The third-order valence-corrected chi connectivity index (χ3v) is 6.09. The summed E-state index contributed by atoms with van der Waals surface area (Å²) in [4.78, 5) is 47.9. The molecule has 0 fully saturated rings. The third kappa shape index (κ3) is 6.54. The first-order chi connectivity index (χ1) is 16.9. The van der Waals surface area contributed by atoms with Gasteiger partial charge in [0, 0.05) is 23.1 Å². The van der Waals surface area contributed by atoms with Gasteiger partial charge in [0.1, 0.15) is 0 Å². The molecule has 1 N–H and O–H groups in total. The minimum Gasteiger partial charge on any atom is -0.469 e. The predicted molar refractivity (Wildman–Crippen MR) is 140 cm³/mol. The summed E-state index contributed by atoms with van der Waals surface area (Å²) >= 11 is 12.4. The number of ether oxygens (including phenoxy) is 1. The molecule has 0 saturated carbocycles. The fraction of sp³-hybridized carbons (Fsp3) is 0.360. The van der Waals surface area contributed by atoms with Crippen LogP contribution in [0.4, 0.5) is 5.69 Å². The van der Waals surface area contributed by atoms with E-state index in [0.29, 0.717) is 22.3 Å². The Morgan fingerprint density at radius 3 is 2.33 bits per heavy atom. The van der Waals surface area contributed by atoms with Crippen LogP contribution in [-0.2, 0) is 29.2 Å². The number of carbonyl (C=O) groups excluding carboxylic acids is 1. The van der Waals surface area contributed by atoms with Crippen LogP contribution in [0.5, 0.6) is 0 Å². The summed E-state index contributed by atoms with van der Waals surface area (Å²) in [5.74, 6) is -0.542. The molecule has 2 aromatic carbocycles. The van der Waals surface area contributed by atoms with Gasteiger partial charge < -0.3 is 9.64 Å². The quantitative estimate of drug-likeness (QED) is 0.448. The number of nitrogens with one attached hydrogen (secondary N) is 1. The zero-order chi connectivity index (χ0) is 26.6. The second-order valence-electron chi connectivity index (χ2n) is 9.34. The molecule has 11 heteroatoms. The van der Waals surface area contributed by atoms with Gasteiger partial charge in [0.25, 0.3) is 0 Å². The molecular formula is C25H29Cl2N5O4. The number of nitrogens with zero attached hydrogens (tertiary/aromatic N) is 4. The van der Waals surface area contributed by atoms with Gasteiger partial charge in [0.15, 0.2) is 0 Å². The van der Waals surface area contributed by atoms with E-state index in [4.69, 9.17) is 27.9 Å². The molecule has 0 spiro atoms. The molecule has 0 unspecified atom stereocenters. The maximum absolute atomic E-state index is 13.5. The monoisotopic (exact) mass is 533 g/mol. The Balaban J connectivity index is 2.18. The summed E-state index contributed by atoms with van der Waals surface area (Å²) in [5, 5.41) is 1.07. The molecule has 9 nitrogen and oxygen atoms in total. The standard InChI is InChI=1S/C25H29Cl2N5O4/c1-25(2,21(33)36-5)15-32-23(34)29-22(28-19-11-8-17(14-30(3)4)20(27)12-19)31(24(32)35)13-16-6-9-18(26)10-7-16/h6-12H,13-15H2,1-5H3,(H,28,29,34). The summed E-state index contributed by atoms with van der Waals surface area (Å²) in [5.41, 5.74) is -0.235. The molecule has 3 rings (SSSR count). The van der Waals surface area contributed by atoms with Crippen molar-refractivity contribution in [3.63, 3.8) is 0 Å². The van der Waals surface area contributed by atoms with Gasteiger partial charge in [0.05, 0.1) is 24.8 Å². The molecule has 3 aromatic rings. The number of aromatic amines is 1. The van der Waals surface area contributed by atoms with Crippen molar-refractivity contribution in [3.05, 3.63) is 90.2 Å². The van der Waals surface area contributed by atoms with Crippen LogP contribution in [0.15, 0.2) is 57.0 Å². The van der Waals surface area contributed by atoms with Crippen LogP contribution in [-0.4, -0.2) is 46.2 Å². The number of H-pyrrole nitrogens is 1. The lowest BCUT2D eigenvalue weighted by Crippen LogP contribution is -2.52. The zero-order valence-corrected chi connectivity index (χ0v) is 22.4. The van der Waals surface area contributed by atoms with E-state index in [2.05, 4.69) is 9.98 Å². The Labute approximate surface area is 218 Å². The molecule has 0 aliphatic carbocycles. The van der Waals surface area contributed by atoms with Crippen molar-refractivity contribution < 1.29 is 9.53 Å². The van der Waals surface area contributed by atoms with Gasteiger partial charge in [-0.25, -0.2) is 19.1 Å². The van der Waals surface area contributed by atoms with E-state index in [9.17, 15) is 14.4 Å². The highest BCUT2D eigenvalue weighted by molar-refractivity contribution is 6.31. The molecule has 192 valence electrons. The lowest BCUT2D eigenvalue weighted by atomic mass is 9.94. The van der Waals surface area contributed by atoms with E-state index in [1.165, 1.54) is 11.7 Å². The Hall–Kier alpha value is -3.14. The van der Waals surface area contributed by atoms with Gasteiger partial charge in [-0.05, 0) is 63.3 Å². The summed E-state index contributed by atoms with van der Waals surface area (Å²) in [6, 6.07) is 12.3. The Morgan fingerprint density at radius 1 is 1.08 bits per heavy atom. The van der Waals surface area contributed by atoms with E-state index < -0.39 is 22.8 Å². The molecule has 0 aliphatic rings. The molecule has 0 amide bonds. The van der Waals surface area contributed by atoms with Crippen molar-refractivity contribution in [1.82, 2.24) is 19.0 Å². The Bertz CT molecular complexity index is 1440. The van der Waals surface area contributed by atoms with Gasteiger partial charge in [-0.2, -0.15) is 0 Å². The highest BCUT2D eigenvalue weighted by Gasteiger charge is 2.31. The fourth-order valence-corrected chi connectivity index (χ4v) is 3.99. The maximum atomic E-state index is 13.5. The van der Waals surface area contributed by atoms with Crippen molar-refractivity contribution in [1.29, 1.82) is 0 Å². The molecule has 0 saturated heterocycles. The van der Waals surface area contributed by atoms with Gasteiger partial charge >= 0.3 is 17.3 Å². The largest absolute Gasteiger partial charge is 0.469 e. The van der Waals surface area contributed by atoms with Crippen molar-refractivity contribution >= 4 is 34.9 Å². The molecule has 0 atom stereocenters. The summed E-state index contributed by atoms with van der Waals surface area (Å²) in [7, 11) is 5.14. The number of hydrogen-bond acceptors (Lipinski definition) is 6. The van der Waals surface area contributed by atoms with E-state index in [0.717, 1.165) is 15.7 Å². The van der Waals surface area contributed by atoms with Gasteiger partial charge in [-0.15, -0.1) is 0 Å². The number of aromatic nitrogens is 3. The first kappa shape index (κ1) is 27.4. The molecule has 36 heavy (non-hydrogen) atoms. The number of esters is 1. The molecule has 1 aromatic heterocycles. The fourth-order valence-electron chi connectivity index (χ4n) is 3.63. The van der Waals surface area contributed by atoms with Crippen LogP contribution in [0.25, 0.3) is 0 Å². The normalized spacial score (nSPS) is 12.3. The highest BCUT2D eigenvalue weighted by Crippen LogP contribution is 2.23. The van der Waals surface area contributed by atoms with Gasteiger partial charge in [-0.1, -0.05) is 41.4 Å². The predicted octanol–water partition coefficient (Wildman–Crippen LogP) is 3.19. The molecular weight excluding hydrogens is 505 g/mol. The Kier molecular flexibility index (Phi) is 8.60. The van der Waals surface area contributed by atoms with Crippen molar-refractivity contribution in [2.45, 2.75) is 33.5 Å². The SMILES string of the molecule is COC(=O)C(C)(C)Cn1c(=O)[nH]/c(=N\c2ccc(CN(C)C)c(Cl)c2)n(Cc2ccc(Cl)cc2)c1=O. The summed E-state index contributed by atoms with van der Waals surface area (Å²) < 4.78 is 7.14. The van der Waals surface area contributed by atoms with Crippen LogP contribution in [0.3, 0.4) is 0 Å². The zero-order valence-electron chi connectivity index (χ0n) is 20.8. The first-order valence-electron chi connectivity index (χ1n) is 11.2. The topological polar surface area (TPSA) is 102 Å². The van der Waals surface area contributed by atoms with Crippen LogP contribution in [0.1, 0.15) is 25.0 Å². The van der Waals surface area contributed by atoms with E-state index in [1.54, 1.807) is 50.2 Å². The molecule has 0 aliphatic heterocycles. The molecule has 1 heterocycles. The molecule has 0 bridgehead atoms. The lowest BCUT2D eigenvalue weighted by molar-refractivity contribution is -0.151. The number of halogens is 2. The summed E-state index contributed by atoms with van der Waals surface area (Å²) in [6.07, 6.45) is 0. The number of benzene rings is 2.